The van der Waals surface area contributed by atoms with Crippen LogP contribution in [-0.2, 0) is 16.6 Å². The summed E-state index contributed by atoms with van der Waals surface area (Å²) in [6.45, 7) is 7.48. The van der Waals surface area contributed by atoms with E-state index in [0.29, 0.717) is 29.5 Å². The predicted octanol–water partition coefficient (Wildman–Crippen LogP) is 3.05. The minimum absolute atomic E-state index is 0.107. The van der Waals surface area contributed by atoms with E-state index in [1.54, 1.807) is 29.1 Å². The number of sulfonamides is 1. The fourth-order valence-corrected chi connectivity index (χ4v) is 5.75. The van der Waals surface area contributed by atoms with Crippen molar-refractivity contribution in [3.05, 3.63) is 42.0 Å². The molecule has 1 aromatic heterocycles. The maximum atomic E-state index is 13.4. The van der Waals surface area contributed by atoms with Crippen LogP contribution in [0.15, 0.2) is 35.5 Å². The van der Waals surface area contributed by atoms with Crippen molar-refractivity contribution in [2.45, 2.75) is 57.5 Å². The molecule has 0 spiro atoms. The Kier molecular flexibility index (Phi) is 5.25. The van der Waals surface area contributed by atoms with Crippen molar-refractivity contribution in [2.24, 2.45) is 5.92 Å². The van der Waals surface area contributed by atoms with Crippen molar-refractivity contribution < 1.29 is 13.2 Å². The molecule has 1 amide bonds. The van der Waals surface area contributed by atoms with E-state index in [9.17, 15) is 13.2 Å². The van der Waals surface area contributed by atoms with Crippen LogP contribution in [0.1, 0.15) is 56.2 Å². The molecule has 7 nitrogen and oxygen atoms in total. The van der Waals surface area contributed by atoms with Crippen LogP contribution in [0.4, 0.5) is 0 Å². The molecule has 2 aliphatic rings. The van der Waals surface area contributed by atoms with Crippen molar-refractivity contribution >= 4 is 15.9 Å². The molecule has 0 radical (unpaired) electrons. The normalized spacial score (nSPS) is 21.1. The quantitative estimate of drug-likeness (QED) is 0.768. The lowest BCUT2D eigenvalue weighted by molar-refractivity contribution is 0.0740. The number of fused-ring (bicyclic) bond motifs is 3. The van der Waals surface area contributed by atoms with Gasteiger partial charge in [0.25, 0.3) is 5.91 Å². The SMILES string of the molecule is CC(C)CCN1Cc2c(C(=O)N3CCCC3C)ncn2-c2ccccc2S1(=O)=O. The van der Waals surface area contributed by atoms with E-state index in [-0.39, 0.29) is 23.4 Å². The van der Waals surface area contributed by atoms with Gasteiger partial charge in [-0.15, -0.1) is 0 Å². The number of nitrogens with zero attached hydrogens (tertiary/aromatic N) is 4. The number of hydrogen-bond donors (Lipinski definition) is 0. The molecule has 29 heavy (non-hydrogen) atoms. The number of benzene rings is 1. The summed E-state index contributed by atoms with van der Waals surface area (Å²) in [6.07, 6.45) is 4.31. The van der Waals surface area contributed by atoms with Gasteiger partial charge in [-0.05, 0) is 44.2 Å². The summed E-state index contributed by atoms with van der Waals surface area (Å²) in [6, 6.07) is 7.13. The van der Waals surface area contributed by atoms with Crippen molar-refractivity contribution in [1.82, 2.24) is 18.8 Å². The van der Waals surface area contributed by atoms with Gasteiger partial charge in [-0.25, -0.2) is 13.4 Å². The molecular weight excluding hydrogens is 388 g/mol. The van der Waals surface area contributed by atoms with Gasteiger partial charge in [0.15, 0.2) is 5.69 Å². The highest BCUT2D eigenvalue weighted by molar-refractivity contribution is 7.89. The highest BCUT2D eigenvalue weighted by Gasteiger charge is 2.36. The average Bonchev–Trinajstić information content (AvgIpc) is 3.28. The molecule has 4 rings (SSSR count). The van der Waals surface area contributed by atoms with Crippen LogP contribution in [0, 0.1) is 5.92 Å². The van der Waals surface area contributed by atoms with Gasteiger partial charge in [0, 0.05) is 19.1 Å². The number of hydrogen-bond acceptors (Lipinski definition) is 4. The summed E-state index contributed by atoms with van der Waals surface area (Å²) in [7, 11) is -3.67. The second kappa shape index (κ2) is 7.57. The van der Waals surface area contributed by atoms with E-state index in [0.717, 1.165) is 25.8 Å². The molecule has 1 aromatic carbocycles. The molecule has 8 heteroatoms. The van der Waals surface area contributed by atoms with E-state index in [2.05, 4.69) is 18.8 Å². The fraction of sp³-hybridized carbons (Fsp3) is 0.524. The Morgan fingerprint density at radius 1 is 1.28 bits per heavy atom. The monoisotopic (exact) mass is 416 g/mol. The molecule has 3 heterocycles. The number of aromatic nitrogens is 2. The van der Waals surface area contributed by atoms with Crippen molar-refractivity contribution in [1.29, 1.82) is 0 Å². The van der Waals surface area contributed by atoms with E-state index in [1.807, 2.05) is 17.9 Å². The third kappa shape index (κ3) is 3.48. The Balaban J connectivity index is 1.82. The number of likely N-dealkylation sites (tertiary alicyclic amines) is 1. The zero-order valence-electron chi connectivity index (χ0n) is 17.2. The molecule has 2 aliphatic heterocycles. The number of amides is 1. The zero-order valence-corrected chi connectivity index (χ0v) is 18.0. The van der Waals surface area contributed by atoms with E-state index in [1.165, 1.54) is 4.31 Å². The third-order valence-electron chi connectivity index (χ3n) is 5.91. The van der Waals surface area contributed by atoms with Crippen LogP contribution in [0.25, 0.3) is 5.69 Å². The smallest absolute Gasteiger partial charge is 0.274 e. The summed E-state index contributed by atoms with van der Waals surface area (Å²) in [5, 5.41) is 0. The maximum Gasteiger partial charge on any atom is 0.274 e. The maximum absolute atomic E-state index is 13.4. The molecule has 1 atom stereocenters. The average molecular weight is 417 g/mol. The topological polar surface area (TPSA) is 75.5 Å². The summed E-state index contributed by atoms with van der Waals surface area (Å²) in [5.41, 5.74) is 1.56. The number of carbonyl (C=O) groups is 1. The van der Waals surface area contributed by atoms with Crippen molar-refractivity contribution in [2.75, 3.05) is 13.1 Å². The highest BCUT2D eigenvalue weighted by Crippen LogP contribution is 2.32. The number of imidazole rings is 1. The highest BCUT2D eigenvalue weighted by atomic mass is 32.2. The van der Waals surface area contributed by atoms with Gasteiger partial charge >= 0.3 is 0 Å². The molecule has 1 saturated heterocycles. The number of para-hydroxylation sites is 1. The first-order valence-corrected chi connectivity index (χ1v) is 11.7. The predicted molar refractivity (Wildman–Crippen MR) is 110 cm³/mol. The number of rotatable bonds is 4. The molecule has 1 fully saturated rings. The summed E-state index contributed by atoms with van der Waals surface area (Å²) < 4.78 is 30.0. The zero-order chi connectivity index (χ0) is 20.8. The molecule has 0 saturated carbocycles. The largest absolute Gasteiger partial charge is 0.335 e. The Labute approximate surface area is 172 Å². The molecular formula is C21H28N4O3S. The molecule has 1 unspecified atom stereocenters. The van der Waals surface area contributed by atoms with Gasteiger partial charge in [-0.3, -0.25) is 9.36 Å². The number of carbonyl (C=O) groups excluding carboxylic acids is 1. The minimum atomic E-state index is -3.67. The molecule has 0 N–H and O–H groups in total. The first kappa shape index (κ1) is 20.1. The van der Waals surface area contributed by atoms with Crippen LogP contribution in [0.3, 0.4) is 0 Å². The van der Waals surface area contributed by atoms with Crippen molar-refractivity contribution in [3.63, 3.8) is 0 Å². The fourth-order valence-electron chi connectivity index (χ4n) is 4.15. The first-order valence-electron chi connectivity index (χ1n) is 10.3. The second-order valence-electron chi connectivity index (χ2n) is 8.39. The Morgan fingerprint density at radius 3 is 2.72 bits per heavy atom. The molecule has 0 bridgehead atoms. The van der Waals surface area contributed by atoms with Gasteiger partial charge in [0.05, 0.1) is 17.9 Å². The van der Waals surface area contributed by atoms with Crippen LogP contribution in [-0.4, -0.2) is 52.2 Å². The van der Waals surface area contributed by atoms with Crippen molar-refractivity contribution in [3.8, 4) is 5.69 Å². The van der Waals surface area contributed by atoms with Crippen LogP contribution >= 0.6 is 0 Å². The summed E-state index contributed by atoms with van der Waals surface area (Å²) in [4.78, 5) is 19.8. The molecule has 2 aromatic rings. The van der Waals surface area contributed by atoms with E-state index < -0.39 is 10.0 Å². The van der Waals surface area contributed by atoms with E-state index in [4.69, 9.17) is 0 Å². The lowest BCUT2D eigenvalue weighted by Gasteiger charge is -2.23. The Bertz CT molecular complexity index is 1030. The first-order chi connectivity index (χ1) is 13.8. The third-order valence-corrected chi connectivity index (χ3v) is 7.80. The minimum Gasteiger partial charge on any atom is -0.335 e. The summed E-state index contributed by atoms with van der Waals surface area (Å²) >= 11 is 0. The van der Waals surface area contributed by atoms with E-state index >= 15 is 0 Å². The van der Waals surface area contributed by atoms with Crippen LogP contribution in [0.2, 0.25) is 0 Å². The molecule has 0 aliphatic carbocycles. The lowest BCUT2D eigenvalue weighted by Crippen LogP contribution is -2.36. The standard InChI is InChI=1S/C21H28N4O3S/c1-15(2)10-12-23-13-18-20(21(26)24-11-6-7-16(24)3)22-14-25(18)17-8-4-5-9-19(17)29(23,27)28/h4-5,8-9,14-16H,6-7,10-13H2,1-3H3. The Morgan fingerprint density at radius 2 is 2.03 bits per heavy atom. The van der Waals surface area contributed by atoms with Gasteiger partial charge in [-0.2, -0.15) is 4.31 Å². The second-order valence-corrected chi connectivity index (χ2v) is 10.3. The van der Waals surface area contributed by atoms with Gasteiger partial charge in [0.2, 0.25) is 10.0 Å². The Hall–Kier alpha value is -2.19. The van der Waals surface area contributed by atoms with Gasteiger partial charge in [0.1, 0.15) is 11.2 Å². The summed E-state index contributed by atoms with van der Waals surface area (Å²) in [5.74, 6) is 0.268. The van der Waals surface area contributed by atoms with Gasteiger partial charge in [-0.1, -0.05) is 26.0 Å². The van der Waals surface area contributed by atoms with Crippen LogP contribution < -0.4 is 0 Å². The lowest BCUT2D eigenvalue weighted by atomic mass is 10.1. The van der Waals surface area contributed by atoms with Gasteiger partial charge < -0.3 is 4.90 Å². The molecule has 156 valence electrons. The van der Waals surface area contributed by atoms with Crippen LogP contribution in [0.5, 0.6) is 0 Å².